The van der Waals surface area contributed by atoms with Crippen molar-refractivity contribution in [1.82, 2.24) is 16.0 Å². The summed E-state index contributed by atoms with van der Waals surface area (Å²) in [5, 5.41) is 10.2. The molecule has 1 aliphatic rings. The molecule has 1 unspecified atom stereocenters. The van der Waals surface area contributed by atoms with Gasteiger partial charge in [-0.05, 0) is 55.3 Å². The van der Waals surface area contributed by atoms with E-state index < -0.39 is 11.6 Å². The number of fused-ring (bicyclic) bond motifs is 1. The predicted molar refractivity (Wildman–Crippen MR) is 162 cm³/mol. The summed E-state index contributed by atoms with van der Waals surface area (Å²) < 4.78 is 1.04. The van der Waals surface area contributed by atoms with Crippen molar-refractivity contribution >= 4 is 39.1 Å². The van der Waals surface area contributed by atoms with E-state index in [0.717, 1.165) is 67.0 Å². The number of rotatable bonds is 14. The fourth-order valence-electron chi connectivity index (χ4n) is 5.43. The topological polar surface area (TPSA) is 113 Å². The normalized spacial score (nSPS) is 15.3. The van der Waals surface area contributed by atoms with Gasteiger partial charge in [0, 0.05) is 17.7 Å². The maximum absolute atomic E-state index is 13.9. The summed E-state index contributed by atoms with van der Waals surface area (Å²) in [5.41, 5.74) is 5.50. The maximum Gasteiger partial charge on any atom is 0.262 e. The number of hydrogen-bond donors (Lipinski definition) is 4. The number of nitrogens with two attached hydrogens (primary N) is 1. The molecule has 1 aromatic heterocycles. The van der Waals surface area contributed by atoms with Crippen molar-refractivity contribution in [3.05, 3.63) is 71.1 Å². The zero-order valence-electron chi connectivity index (χ0n) is 23.3. The van der Waals surface area contributed by atoms with Gasteiger partial charge in [0.25, 0.3) is 5.91 Å². The quantitative estimate of drug-likeness (QED) is 0.205. The van der Waals surface area contributed by atoms with E-state index in [-0.39, 0.29) is 17.7 Å². The molecular weight excluding hydrogens is 520 g/mol. The molecule has 4 rings (SSSR count). The van der Waals surface area contributed by atoms with E-state index in [1.165, 1.54) is 11.3 Å². The van der Waals surface area contributed by atoms with E-state index in [4.69, 9.17) is 5.73 Å². The van der Waals surface area contributed by atoms with Crippen molar-refractivity contribution in [2.24, 2.45) is 5.73 Å². The number of hydrogen-bond acceptors (Lipinski definition) is 5. The van der Waals surface area contributed by atoms with E-state index in [0.29, 0.717) is 37.2 Å². The van der Waals surface area contributed by atoms with Crippen LogP contribution in [0.3, 0.4) is 0 Å². The third kappa shape index (κ3) is 8.15. The van der Waals surface area contributed by atoms with E-state index in [1.807, 2.05) is 60.7 Å². The molecule has 0 radical (unpaired) electrons. The maximum atomic E-state index is 13.9. The third-order valence-electron chi connectivity index (χ3n) is 7.73. The van der Waals surface area contributed by atoms with Crippen molar-refractivity contribution in [2.45, 2.75) is 82.2 Å². The summed E-state index contributed by atoms with van der Waals surface area (Å²) in [5.74, 6) is -0.711. The first-order chi connectivity index (χ1) is 19.5. The first kappa shape index (κ1) is 29.7. The van der Waals surface area contributed by atoms with Crippen LogP contribution in [0.4, 0.5) is 0 Å². The molecule has 0 spiro atoms. The monoisotopic (exact) mass is 562 g/mol. The van der Waals surface area contributed by atoms with Crippen molar-refractivity contribution in [1.29, 1.82) is 0 Å². The molecule has 2 aromatic carbocycles. The van der Waals surface area contributed by atoms with Crippen LogP contribution in [0, 0.1) is 0 Å². The molecule has 8 heteroatoms. The van der Waals surface area contributed by atoms with Crippen LogP contribution in [0.15, 0.2) is 60.7 Å². The lowest BCUT2D eigenvalue weighted by atomic mass is 9.80. The van der Waals surface area contributed by atoms with Gasteiger partial charge in [-0.15, -0.1) is 11.3 Å². The Balaban J connectivity index is 1.45. The van der Waals surface area contributed by atoms with Gasteiger partial charge in [-0.2, -0.15) is 0 Å². The molecule has 0 aliphatic heterocycles. The van der Waals surface area contributed by atoms with Gasteiger partial charge in [0.1, 0.15) is 11.6 Å². The van der Waals surface area contributed by atoms with Crippen LogP contribution in [-0.4, -0.2) is 42.4 Å². The molecule has 1 heterocycles. The van der Waals surface area contributed by atoms with Crippen LogP contribution in [0.25, 0.3) is 10.1 Å². The van der Waals surface area contributed by atoms with Gasteiger partial charge >= 0.3 is 0 Å². The zero-order chi connectivity index (χ0) is 28.2. The summed E-state index contributed by atoms with van der Waals surface area (Å²) in [6.07, 6.45) is 9.35. The Morgan fingerprint density at radius 1 is 0.875 bits per heavy atom. The Bertz CT molecular complexity index is 1220. The van der Waals surface area contributed by atoms with Crippen LogP contribution in [0.1, 0.15) is 79.4 Å². The number of carbonyl (C=O) groups is 3. The number of thiophene rings is 1. The number of carbonyl (C=O) groups excluding carboxylic acids is 3. The lowest BCUT2D eigenvalue weighted by molar-refractivity contribution is -0.133. The second-order valence-corrected chi connectivity index (χ2v) is 11.9. The van der Waals surface area contributed by atoms with Gasteiger partial charge in [-0.25, -0.2) is 0 Å². The van der Waals surface area contributed by atoms with Gasteiger partial charge in [0.05, 0.1) is 4.88 Å². The van der Waals surface area contributed by atoms with Crippen molar-refractivity contribution in [3.8, 4) is 0 Å². The summed E-state index contributed by atoms with van der Waals surface area (Å²) in [7, 11) is 0. The lowest BCUT2D eigenvalue weighted by Gasteiger charge is -2.37. The fraction of sp³-hybridized carbons (Fsp3) is 0.469. The van der Waals surface area contributed by atoms with Gasteiger partial charge in [0.15, 0.2) is 0 Å². The van der Waals surface area contributed by atoms with E-state index >= 15 is 0 Å². The minimum absolute atomic E-state index is 0.194. The Morgan fingerprint density at radius 2 is 1.57 bits per heavy atom. The number of unbranched alkanes of at least 4 members (excludes halogenated alkanes) is 4. The fourth-order valence-corrected chi connectivity index (χ4v) is 6.38. The molecule has 3 amide bonds. The highest BCUT2D eigenvalue weighted by Gasteiger charge is 2.42. The number of benzene rings is 2. The van der Waals surface area contributed by atoms with Crippen LogP contribution < -0.4 is 21.7 Å². The second-order valence-electron chi connectivity index (χ2n) is 10.8. The van der Waals surface area contributed by atoms with Gasteiger partial charge in [-0.1, -0.05) is 87.1 Å². The van der Waals surface area contributed by atoms with Gasteiger partial charge in [0.2, 0.25) is 11.8 Å². The molecule has 1 aliphatic carbocycles. The summed E-state index contributed by atoms with van der Waals surface area (Å²) in [4.78, 5) is 41.2. The summed E-state index contributed by atoms with van der Waals surface area (Å²) in [6.45, 7) is 1.28. The molecule has 7 nitrogen and oxygen atoms in total. The smallest absolute Gasteiger partial charge is 0.262 e. The van der Waals surface area contributed by atoms with Gasteiger partial charge < -0.3 is 21.7 Å². The van der Waals surface area contributed by atoms with E-state index in [1.54, 1.807) is 0 Å². The van der Waals surface area contributed by atoms with Crippen LogP contribution in [0.2, 0.25) is 0 Å². The highest BCUT2D eigenvalue weighted by molar-refractivity contribution is 7.20. The van der Waals surface area contributed by atoms with Crippen molar-refractivity contribution < 1.29 is 14.4 Å². The van der Waals surface area contributed by atoms with Crippen molar-refractivity contribution in [2.75, 3.05) is 13.1 Å². The minimum atomic E-state index is -1.04. The Morgan fingerprint density at radius 3 is 2.33 bits per heavy atom. The van der Waals surface area contributed by atoms with Crippen molar-refractivity contribution in [3.63, 3.8) is 0 Å². The third-order valence-corrected chi connectivity index (χ3v) is 8.84. The highest BCUT2D eigenvalue weighted by atomic mass is 32.1. The molecule has 1 atom stereocenters. The number of amides is 3. The largest absolute Gasteiger partial charge is 0.354 e. The average molecular weight is 563 g/mol. The standard InChI is InChI=1S/C32H42N4O3S/c33-20-12-2-1-3-13-21-34-29(37)26(22-24-14-6-4-7-15-24)35-31(39)32(18-10-5-11-19-32)36-30(38)28-23-25-16-8-9-17-27(25)40-28/h4,6-9,14-17,23,26H,1-3,5,10-13,18-22,33H2,(H,34,37)(H,35,39)(H,36,38). The minimum Gasteiger partial charge on any atom is -0.354 e. The van der Waals surface area contributed by atoms with E-state index in [9.17, 15) is 14.4 Å². The van der Waals surface area contributed by atoms with E-state index in [2.05, 4.69) is 16.0 Å². The molecule has 0 saturated heterocycles. The Hall–Kier alpha value is -3.23. The molecule has 214 valence electrons. The lowest BCUT2D eigenvalue weighted by Crippen LogP contribution is -2.62. The molecule has 1 saturated carbocycles. The summed E-state index contributed by atoms with van der Waals surface area (Å²) in [6, 6.07) is 18.8. The zero-order valence-corrected chi connectivity index (χ0v) is 24.1. The molecule has 5 N–H and O–H groups in total. The Labute approximate surface area is 241 Å². The highest BCUT2D eigenvalue weighted by Crippen LogP contribution is 2.31. The van der Waals surface area contributed by atoms with Crippen LogP contribution >= 0.6 is 11.3 Å². The summed E-state index contributed by atoms with van der Waals surface area (Å²) >= 11 is 1.43. The molecule has 3 aromatic rings. The number of nitrogens with one attached hydrogen (secondary N) is 3. The molecule has 0 bridgehead atoms. The van der Waals surface area contributed by atoms with Crippen LogP contribution in [-0.2, 0) is 16.0 Å². The first-order valence-electron chi connectivity index (χ1n) is 14.6. The predicted octanol–water partition coefficient (Wildman–Crippen LogP) is 5.09. The molecule has 1 fully saturated rings. The van der Waals surface area contributed by atoms with Crippen LogP contribution in [0.5, 0.6) is 0 Å². The Kier molecular flexibility index (Phi) is 11.1. The second kappa shape index (κ2) is 15.0. The molecule has 40 heavy (non-hydrogen) atoms. The first-order valence-corrected chi connectivity index (χ1v) is 15.5. The SMILES string of the molecule is NCCCCCCCNC(=O)C(Cc1ccccc1)NC(=O)C1(NC(=O)c2cc3ccccc3s2)CCCCC1. The molecular formula is C32H42N4O3S. The average Bonchev–Trinajstić information content (AvgIpc) is 3.42. The van der Waals surface area contributed by atoms with Gasteiger partial charge in [-0.3, -0.25) is 14.4 Å².